The standard InChI is InChI=1S/C17H19N7O2S/c1-22-6-2-14(21-22)20-16(26)17(24-9-5-18-11-24)3-7-23(8-4-17)15(25)13-10-27-12-19-13/h2,5-6,9-12H,3-4,7-8H2,1H3,(H,20,21,26). The summed E-state index contributed by atoms with van der Waals surface area (Å²) in [5.74, 6) is 0.253. The molecule has 3 aromatic heterocycles. The maximum Gasteiger partial charge on any atom is 0.273 e. The van der Waals surface area contributed by atoms with Gasteiger partial charge in [0.05, 0.1) is 11.8 Å². The molecule has 0 unspecified atom stereocenters. The van der Waals surface area contributed by atoms with Crippen LogP contribution in [-0.2, 0) is 17.4 Å². The van der Waals surface area contributed by atoms with E-state index >= 15 is 0 Å². The van der Waals surface area contributed by atoms with Gasteiger partial charge in [-0.25, -0.2) is 9.97 Å². The van der Waals surface area contributed by atoms with E-state index in [9.17, 15) is 9.59 Å². The maximum absolute atomic E-state index is 13.2. The van der Waals surface area contributed by atoms with Crippen molar-refractivity contribution >= 4 is 29.0 Å². The third-order valence-corrected chi connectivity index (χ3v) is 5.49. The predicted molar refractivity (Wildman–Crippen MR) is 99.3 cm³/mol. The highest BCUT2D eigenvalue weighted by molar-refractivity contribution is 7.07. The maximum atomic E-state index is 13.2. The molecule has 0 aliphatic carbocycles. The van der Waals surface area contributed by atoms with E-state index in [1.807, 2.05) is 4.57 Å². The number of carbonyl (C=O) groups excluding carboxylic acids is 2. The number of nitrogens with one attached hydrogen (secondary N) is 1. The molecule has 0 radical (unpaired) electrons. The van der Waals surface area contributed by atoms with Gasteiger partial charge in [-0.15, -0.1) is 11.3 Å². The minimum atomic E-state index is -0.813. The van der Waals surface area contributed by atoms with E-state index in [1.165, 1.54) is 11.3 Å². The van der Waals surface area contributed by atoms with E-state index in [2.05, 4.69) is 20.4 Å². The number of piperidine rings is 1. The van der Waals surface area contributed by atoms with Crippen LogP contribution in [0.15, 0.2) is 41.9 Å². The summed E-state index contributed by atoms with van der Waals surface area (Å²) in [6.07, 6.45) is 7.83. The normalized spacial score (nSPS) is 16.3. The first-order chi connectivity index (χ1) is 13.1. The number of anilines is 1. The monoisotopic (exact) mass is 385 g/mol. The smallest absolute Gasteiger partial charge is 0.273 e. The van der Waals surface area contributed by atoms with Crippen LogP contribution in [0.25, 0.3) is 0 Å². The number of rotatable bonds is 4. The molecule has 2 amide bonds. The third-order valence-electron chi connectivity index (χ3n) is 4.91. The van der Waals surface area contributed by atoms with Gasteiger partial charge >= 0.3 is 0 Å². The molecule has 0 aromatic carbocycles. The zero-order valence-electron chi connectivity index (χ0n) is 14.8. The molecular weight excluding hydrogens is 366 g/mol. The second-order valence-corrected chi connectivity index (χ2v) is 7.21. The van der Waals surface area contributed by atoms with Crippen molar-refractivity contribution in [3.63, 3.8) is 0 Å². The Bertz CT molecular complexity index is 925. The number of hydrogen-bond donors (Lipinski definition) is 1. The molecule has 140 valence electrons. The average molecular weight is 385 g/mol. The van der Waals surface area contributed by atoms with Gasteiger partial charge in [-0.2, -0.15) is 5.10 Å². The summed E-state index contributed by atoms with van der Waals surface area (Å²) in [4.78, 5) is 35.7. The molecule has 1 aliphatic rings. The highest BCUT2D eigenvalue weighted by atomic mass is 32.1. The van der Waals surface area contributed by atoms with E-state index < -0.39 is 5.54 Å². The van der Waals surface area contributed by atoms with Crippen molar-refractivity contribution in [1.82, 2.24) is 29.2 Å². The van der Waals surface area contributed by atoms with Crippen molar-refractivity contribution in [1.29, 1.82) is 0 Å². The molecule has 0 spiro atoms. The van der Waals surface area contributed by atoms with Crippen LogP contribution in [0.2, 0.25) is 0 Å². The summed E-state index contributed by atoms with van der Waals surface area (Å²) in [7, 11) is 1.80. The summed E-state index contributed by atoms with van der Waals surface area (Å²) < 4.78 is 3.46. The Labute approximate surface area is 159 Å². The Kier molecular flexibility index (Phi) is 4.48. The molecule has 1 saturated heterocycles. The van der Waals surface area contributed by atoms with Gasteiger partial charge in [0.25, 0.3) is 11.8 Å². The lowest BCUT2D eigenvalue weighted by Crippen LogP contribution is -2.54. The fourth-order valence-corrected chi connectivity index (χ4v) is 3.91. The number of nitrogens with zero attached hydrogens (tertiary/aromatic N) is 6. The fraction of sp³-hybridized carbons (Fsp3) is 0.353. The minimum Gasteiger partial charge on any atom is -0.337 e. The van der Waals surface area contributed by atoms with Gasteiger partial charge in [0.2, 0.25) is 0 Å². The van der Waals surface area contributed by atoms with E-state index in [-0.39, 0.29) is 11.8 Å². The topological polar surface area (TPSA) is 97.9 Å². The number of carbonyl (C=O) groups is 2. The zero-order chi connectivity index (χ0) is 18.9. The van der Waals surface area contributed by atoms with E-state index in [0.717, 1.165) is 0 Å². The number of imidazole rings is 1. The summed E-state index contributed by atoms with van der Waals surface area (Å²) in [5.41, 5.74) is 1.29. The molecule has 3 aromatic rings. The van der Waals surface area contributed by atoms with Crippen molar-refractivity contribution < 1.29 is 9.59 Å². The Morgan fingerprint density at radius 2 is 2.07 bits per heavy atom. The lowest BCUT2D eigenvalue weighted by Gasteiger charge is -2.41. The fourth-order valence-electron chi connectivity index (χ4n) is 3.39. The summed E-state index contributed by atoms with van der Waals surface area (Å²) in [5, 5.41) is 8.87. The van der Waals surface area contributed by atoms with Gasteiger partial charge in [-0.1, -0.05) is 0 Å². The molecule has 0 saturated carbocycles. The van der Waals surface area contributed by atoms with Gasteiger partial charge in [0, 0.05) is 50.2 Å². The summed E-state index contributed by atoms with van der Waals surface area (Å²) >= 11 is 1.39. The first-order valence-corrected chi connectivity index (χ1v) is 9.50. The number of amides is 2. The Balaban J connectivity index is 1.54. The van der Waals surface area contributed by atoms with Crippen molar-refractivity contribution in [3.8, 4) is 0 Å². The molecular formula is C17H19N7O2S. The predicted octanol–water partition coefficient (Wildman–Crippen LogP) is 1.34. The lowest BCUT2D eigenvalue weighted by atomic mass is 9.86. The van der Waals surface area contributed by atoms with Gasteiger partial charge in [0.1, 0.15) is 11.2 Å². The average Bonchev–Trinajstić information content (AvgIpc) is 3.44. The Morgan fingerprint density at radius 1 is 1.26 bits per heavy atom. The number of thiazole rings is 1. The third kappa shape index (κ3) is 3.23. The van der Waals surface area contributed by atoms with E-state index in [1.54, 1.807) is 58.5 Å². The first kappa shape index (κ1) is 17.4. The van der Waals surface area contributed by atoms with Crippen LogP contribution in [0, 0.1) is 0 Å². The molecule has 1 aliphatic heterocycles. The number of aromatic nitrogens is 5. The van der Waals surface area contributed by atoms with Crippen molar-refractivity contribution in [2.24, 2.45) is 7.05 Å². The minimum absolute atomic E-state index is 0.0967. The van der Waals surface area contributed by atoms with E-state index in [4.69, 9.17) is 0 Å². The second-order valence-electron chi connectivity index (χ2n) is 6.50. The Morgan fingerprint density at radius 3 is 2.67 bits per heavy atom. The van der Waals surface area contributed by atoms with Gasteiger partial charge in [0.15, 0.2) is 5.82 Å². The molecule has 9 nitrogen and oxygen atoms in total. The van der Waals surface area contributed by atoms with Crippen LogP contribution in [0.4, 0.5) is 5.82 Å². The SMILES string of the molecule is Cn1ccc(NC(=O)C2(n3ccnc3)CCN(C(=O)c3cscn3)CC2)n1. The van der Waals surface area contributed by atoms with Crippen molar-refractivity contribution in [2.45, 2.75) is 18.4 Å². The zero-order valence-corrected chi connectivity index (χ0v) is 15.6. The molecule has 1 fully saturated rings. The largest absolute Gasteiger partial charge is 0.337 e. The molecule has 27 heavy (non-hydrogen) atoms. The lowest BCUT2D eigenvalue weighted by molar-refractivity contribution is -0.126. The first-order valence-electron chi connectivity index (χ1n) is 8.55. The second kappa shape index (κ2) is 6.95. The highest BCUT2D eigenvalue weighted by Gasteiger charge is 2.44. The van der Waals surface area contributed by atoms with Crippen LogP contribution in [0.1, 0.15) is 23.3 Å². The van der Waals surface area contributed by atoms with Gasteiger partial charge < -0.3 is 14.8 Å². The molecule has 10 heteroatoms. The van der Waals surface area contributed by atoms with Crippen LogP contribution < -0.4 is 5.32 Å². The van der Waals surface area contributed by atoms with Crippen LogP contribution in [0.3, 0.4) is 0 Å². The van der Waals surface area contributed by atoms with Crippen LogP contribution in [0.5, 0.6) is 0 Å². The highest BCUT2D eigenvalue weighted by Crippen LogP contribution is 2.32. The van der Waals surface area contributed by atoms with Crippen molar-refractivity contribution in [3.05, 3.63) is 47.6 Å². The molecule has 4 heterocycles. The molecule has 4 rings (SSSR count). The molecule has 0 atom stereocenters. The van der Waals surface area contributed by atoms with E-state index in [0.29, 0.717) is 37.4 Å². The van der Waals surface area contributed by atoms with Crippen LogP contribution in [-0.4, -0.2) is 54.1 Å². The Hall–Kier alpha value is -3.01. The molecule has 0 bridgehead atoms. The number of hydrogen-bond acceptors (Lipinski definition) is 6. The summed E-state index contributed by atoms with van der Waals surface area (Å²) in [6.45, 7) is 0.925. The van der Waals surface area contributed by atoms with Gasteiger partial charge in [-0.3, -0.25) is 14.3 Å². The summed E-state index contributed by atoms with van der Waals surface area (Å²) in [6, 6.07) is 1.75. The van der Waals surface area contributed by atoms with Crippen LogP contribution >= 0.6 is 11.3 Å². The quantitative estimate of drug-likeness (QED) is 0.731. The molecule has 1 N–H and O–H groups in total. The number of aryl methyl sites for hydroxylation is 1. The van der Waals surface area contributed by atoms with Gasteiger partial charge in [-0.05, 0) is 12.8 Å². The van der Waals surface area contributed by atoms with Crippen molar-refractivity contribution in [2.75, 3.05) is 18.4 Å². The number of likely N-dealkylation sites (tertiary alicyclic amines) is 1.